The van der Waals surface area contributed by atoms with Gasteiger partial charge in [0.25, 0.3) is 5.91 Å². The van der Waals surface area contributed by atoms with E-state index in [1.54, 1.807) is 38.5 Å². The molecule has 7 heteroatoms. The zero-order valence-corrected chi connectivity index (χ0v) is 17.4. The summed E-state index contributed by atoms with van der Waals surface area (Å²) in [5, 5.41) is 5.92. The van der Waals surface area contributed by atoms with Gasteiger partial charge in [0.15, 0.2) is 11.5 Å². The molecule has 2 amide bonds. The quantitative estimate of drug-likeness (QED) is 0.619. The number of hydrogen-bond donors (Lipinski definition) is 2. The Bertz CT molecular complexity index is 853. The van der Waals surface area contributed by atoms with E-state index in [2.05, 4.69) is 10.6 Å². The fourth-order valence-corrected chi connectivity index (χ4v) is 3.65. The van der Waals surface area contributed by atoms with E-state index in [4.69, 9.17) is 14.2 Å². The molecule has 1 aliphatic rings. The number of amides is 2. The van der Waals surface area contributed by atoms with Gasteiger partial charge < -0.3 is 24.8 Å². The van der Waals surface area contributed by atoms with Crippen molar-refractivity contribution < 1.29 is 23.8 Å². The summed E-state index contributed by atoms with van der Waals surface area (Å²) in [6, 6.07) is 14.1. The Hall–Kier alpha value is -3.22. The first-order valence-electron chi connectivity index (χ1n) is 10.1. The number of carbonyl (C=O) groups is 2. The van der Waals surface area contributed by atoms with E-state index in [-0.39, 0.29) is 23.8 Å². The molecule has 2 aromatic carbocycles. The van der Waals surface area contributed by atoms with E-state index >= 15 is 0 Å². The van der Waals surface area contributed by atoms with Gasteiger partial charge in [0.1, 0.15) is 12.4 Å². The topological polar surface area (TPSA) is 85.9 Å². The first-order valence-corrected chi connectivity index (χ1v) is 10.1. The van der Waals surface area contributed by atoms with E-state index in [0.29, 0.717) is 36.0 Å². The van der Waals surface area contributed by atoms with Crippen LogP contribution in [0.1, 0.15) is 29.6 Å². The van der Waals surface area contributed by atoms with Crippen LogP contribution in [0.3, 0.4) is 0 Å². The van der Waals surface area contributed by atoms with Crippen LogP contribution >= 0.6 is 0 Å². The molecule has 3 rings (SSSR count). The van der Waals surface area contributed by atoms with Gasteiger partial charge >= 0.3 is 0 Å². The number of carbonyl (C=O) groups excluding carboxylic acids is 2. The van der Waals surface area contributed by atoms with Gasteiger partial charge in [0.2, 0.25) is 5.91 Å². The summed E-state index contributed by atoms with van der Waals surface area (Å²) in [5.74, 6) is 1.51. The van der Waals surface area contributed by atoms with Crippen molar-refractivity contribution in [1.82, 2.24) is 10.6 Å². The zero-order chi connectivity index (χ0) is 21.3. The predicted molar refractivity (Wildman–Crippen MR) is 113 cm³/mol. The summed E-state index contributed by atoms with van der Waals surface area (Å²) >= 11 is 0. The van der Waals surface area contributed by atoms with Gasteiger partial charge in [0.05, 0.1) is 26.7 Å². The Kier molecular flexibility index (Phi) is 7.54. The first kappa shape index (κ1) is 21.5. The number of ether oxygens (including phenoxy) is 3. The van der Waals surface area contributed by atoms with E-state index in [0.717, 1.165) is 19.3 Å². The molecule has 2 atom stereocenters. The molecule has 0 aromatic heterocycles. The second-order valence-corrected chi connectivity index (χ2v) is 7.14. The predicted octanol–water partition coefficient (Wildman–Crippen LogP) is 2.80. The van der Waals surface area contributed by atoms with Gasteiger partial charge in [-0.3, -0.25) is 9.59 Å². The molecule has 0 saturated heterocycles. The number of benzene rings is 2. The fourth-order valence-electron chi connectivity index (χ4n) is 3.65. The summed E-state index contributed by atoms with van der Waals surface area (Å²) < 4.78 is 16.1. The minimum absolute atomic E-state index is 0.0591. The molecule has 1 fully saturated rings. The van der Waals surface area contributed by atoms with Gasteiger partial charge in [-0.15, -0.1) is 0 Å². The van der Waals surface area contributed by atoms with Crippen LogP contribution in [0, 0.1) is 5.92 Å². The maximum Gasteiger partial charge on any atom is 0.251 e. The molecular weight excluding hydrogens is 384 g/mol. The number of para-hydroxylation sites is 2. The first-order chi connectivity index (χ1) is 14.6. The largest absolute Gasteiger partial charge is 0.497 e. The Morgan fingerprint density at radius 3 is 2.40 bits per heavy atom. The normalized spacial score (nSPS) is 17.8. The van der Waals surface area contributed by atoms with E-state index in [1.165, 1.54) is 0 Å². The van der Waals surface area contributed by atoms with Crippen molar-refractivity contribution in [2.24, 2.45) is 5.92 Å². The van der Waals surface area contributed by atoms with Crippen LogP contribution in [-0.2, 0) is 4.79 Å². The molecule has 0 bridgehead atoms. The average molecular weight is 412 g/mol. The molecule has 0 aliphatic heterocycles. The highest BCUT2D eigenvalue weighted by Crippen LogP contribution is 2.27. The summed E-state index contributed by atoms with van der Waals surface area (Å²) in [6.07, 6.45) is 2.45. The van der Waals surface area contributed by atoms with Crippen molar-refractivity contribution >= 4 is 11.8 Å². The summed E-state index contributed by atoms with van der Waals surface area (Å²) in [4.78, 5) is 25.2. The number of methoxy groups -OCH3 is 2. The van der Waals surface area contributed by atoms with Crippen LogP contribution in [-0.4, -0.2) is 45.2 Å². The lowest BCUT2D eigenvalue weighted by atomic mass is 10.0. The highest BCUT2D eigenvalue weighted by molar-refractivity contribution is 5.95. The van der Waals surface area contributed by atoms with Gasteiger partial charge in [-0.05, 0) is 49.2 Å². The highest BCUT2D eigenvalue weighted by atomic mass is 16.5. The van der Waals surface area contributed by atoms with E-state index < -0.39 is 0 Å². The Balaban J connectivity index is 1.47. The molecule has 0 spiro atoms. The molecule has 1 aliphatic carbocycles. The van der Waals surface area contributed by atoms with Crippen LogP contribution in [0.2, 0.25) is 0 Å². The maximum atomic E-state index is 12.6. The molecule has 0 heterocycles. The Morgan fingerprint density at radius 2 is 1.70 bits per heavy atom. The molecule has 0 radical (unpaired) electrons. The lowest BCUT2D eigenvalue weighted by Crippen LogP contribution is -2.44. The van der Waals surface area contributed by atoms with Crippen LogP contribution in [0.25, 0.3) is 0 Å². The Labute approximate surface area is 176 Å². The number of rotatable bonds is 9. The van der Waals surface area contributed by atoms with Gasteiger partial charge in [-0.2, -0.15) is 0 Å². The average Bonchev–Trinajstić information content (AvgIpc) is 3.25. The third-order valence-electron chi connectivity index (χ3n) is 5.25. The van der Waals surface area contributed by atoms with Crippen molar-refractivity contribution in [3.8, 4) is 17.2 Å². The second-order valence-electron chi connectivity index (χ2n) is 7.14. The Morgan fingerprint density at radius 1 is 0.967 bits per heavy atom. The van der Waals surface area contributed by atoms with E-state index in [9.17, 15) is 9.59 Å². The molecule has 0 unspecified atom stereocenters. The summed E-state index contributed by atoms with van der Waals surface area (Å²) in [5.41, 5.74) is 0.548. The molecular formula is C23H28N2O5. The molecule has 160 valence electrons. The number of nitrogens with one attached hydrogen (secondary N) is 2. The molecule has 30 heavy (non-hydrogen) atoms. The third-order valence-corrected chi connectivity index (χ3v) is 5.25. The van der Waals surface area contributed by atoms with Crippen molar-refractivity contribution in [2.45, 2.75) is 25.3 Å². The van der Waals surface area contributed by atoms with Crippen molar-refractivity contribution in [3.05, 3.63) is 54.1 Å². The smallest absolute Gasteiger partial charge is 0.251 e. The lowest BCUT2D eigenvalue weighted by Gasteiger charge is -2.21. The van der Waals surface area contributed by atoms with E-state index in [1.807, 2.05) is 24.3 Å². The minimum Gasteiger partial charge on any atom is -0.497 e. The van der Waals surface area contributed by atoms with Crippen LogP contribution in [0.4, 0.5) is 0 Å². The highest BCUT2D eigenvalue weighted by Gasteiger charge is 2.34. The maximum absolute atomic E-state index is 12.6. The monoisotopic (exact) mass is 412 g/mol. The third kappa shape index (κ3) is 5.43. The molecule has 2 aromatic rings. The van der Waals surface area contributed by atoms with Crippen LogP contribution in [0.5, 0.6) is 17.2 Å². The lowest BCUT2D eigenvalue weighted by molar-refractivity contribution is -0.125. The van der Waals surface area contributed by atoms with Crippen molar-refractivity contribution in [3.63, 3.8) is 0 Å². The van der Waals surface area contributed by atoms with Gasteiger partial charge in [-0.1, -0.05) is 18.6 Å². The molecule has 7 nitrogen and oxygen atoms in total. The van der Waals surface area contributed by atoms with Crippen LogP contribution in [0.15, 0.2) is 48.5 Å². The SMILES string of the molecule is COc1ccc(C(=O)N[C@@H]2CCC[C@@H]2C(=O)NCCOc2ccccc2OC)cc1. The minimum atomic E-state index is -0.238. The van der Waals surface area contributed by atoms with Crippen LogP contribution < -0.4 is 24.8 Å². The van der Waals surface area contributed by atoms with Gasteiger partial charge in [0, 0.05) is 11.6 Å². The molecule has 2 N–H and O–H groups in total. The van der Waals surface area contributed by atoms with Crippen molar-refractivity contribution in [1.29, 1.82) is 0 Å². The summed E-state index contributed by atoms with van der Waals surface area (Å²) in [6.45, 7) is 0.717. The van der Waals surface area contributed by atoms with Crippen molar-refractivity contribution in [2.75, 3.05) is 27.4 Å². The van der Waals surface area contributed by atoms with Gasteiger partial charge in [-0.25, -0.2) is 0 Å². The number of hydrogen-bond acceptors (Lipinski definition) is 5. The zero-order valence-electron chi connectivity index (χ0n) is 17.4. The second kappa shape index (κ2) is 10.5. The summed E-state index contributed by atoms with van der Waals surface area (Å²) in [7, 11) is 3.17. The fraction of sp³-hybridized carbons (Fsp3) is 0.391. The molecule has 1 saturated carbocycles. The standard InChI is InChI=1S/C23H28N2O5/c1-28-17-12-10-16(11-13-17)22(26)25-19-7-5-6-18(19)23(27)24-14-15-30-21-9-4-3-8-20(21)29-2/h3-4,8-13,18-19H,5-7,14-15H2,1-2H3,(H,24,27)(H,25,26)/t18-,19+/m0/s1.